The molecule has 0 spiro atoms. The molecule has 0 aliphatic heterocycles. The molecule has 0 heterocycles. The van der Waals surface area contributed by atoms with Crippen LogP contribution in [0, 0.1) is 30.5 Å². The minimum absolute atomic E-state index is 0.213. The zero-order valence-corrected chi connectivity index (χ0v) is 13.6. The van der Waals surface area contributed by atoms with Gasteiger partial charge < -0.3 is 0 Å². The molecule has 120 valence electrons. The van der Waals surface area contributed by atoms with E-state index in [-0.39, 0.29) is 10.4 Å². The Morgan fingerprint density at radius 3 is 2.14 bits per heavy atom. The number of aryl methyl sites for hydroxylation is 1. The highest BCUT2D eigenvalue weighted by Gasteiger charge is 2.52. The molecule has 5 rings (SSSR count). The van der Waals surface area contributed by atoms with Crippen LogP contribution in [-0.2, 0) is 10.0 Å². The monoisotopic (exact) mass is 323 g/mol. The molecular formula is C17H22FNO2S. The van der Waals surface area contributed by atoms with Crippen molar-refractivity contribution in [2.45, 2.75) is 55.9 Å². The summed E-state index contributed by atoms with van der Waals surface area (Å²) in [4.78, 5) is 0.213. The van der Waals surface area contributed by atoms with Crippen LogP contribution < -0.4 is 4.72 Å². The molecule has 1 aromatic carbocycles. The van der Waals surface area contributed by atoms with Crippen molar-refractivity contribution in [3.63, 3.8) is 0 Å². The van der Waals surface area contributed by atoms with E-state index >= 15 is 0 Å². The van der Waals surface area contributed by atoms with E-state index in [1.54, 1.807) is 6.92 Å². The quantitative estimate of drug-likeness (QED) is 0.927. The van der Waals surface area contributed by atoms with Gasteiger partial charge in [0.1, 0.15) is 5.82 Å². The van der Waals surface area contributed by atoms with Crippen LogP contribution in [-0.4, -0.2) is 14.0 Å². The van der Waals surface area contributed by atoms with E-state index in [4.69, 9.17) is 0 Å². The second-order valence-electron chi connectivity index (χ2n) is 7.71. The van der Waals surface area contributed by atoms with E-state index in [0.29, 0.717) is 23.3 Å². The third kappa shape index (κ3) is 2.38. The Kier molecular flexibility index (Phi) is 3.18. The fourth-order valence-corrected chi connectivity index (χ4v) is 7.15. The third-order valence-corrected chi connectivity index (χ3v) is 7.55. The topological polar surface area (TPSA) is 46.2 Å². The average Bonchev–Trinajstić information content (AvgIpc) is 2.34. The highest BCUT2D eigenvalue weighted by atomic mass is 32.2. The zero-order valence-electron chi connectivity index (χ0n) is 12.8. The fourth-order valence-electron chi connectivity index (χ4n) is 5.49. The van der Waals surface area contributed by atoms with Crippen LogP contribution in [0.5, 0.6) is 0 Å². The molecule has 0 atom stereocenters. The molecule has 4 bridgehead atoms. The first kappa shape index (κ1) is 14.6. The minimum Gasteiger partial charge on any atom is -0.207 e. The summed E-state index contributed by atoms with van der Waals surface area (Å²) >= 11 is 0. The Labute approximate surface area is 131 Å². The lowest BCUT2D eigenvalue weighted by atomic mass is 9.53. The van der Waals surface area contributed by atoms with E-state index in [2.05, 4.69) is 4.72 Å². The lowest BCUT2D eigenvalue weighted by Gasteiger charge is -2.56. The minimum atomic E-state index is -3.59. The van der Waals surface area contributed by atoms with E-state index < -0.39 is 15.8 Å². The van der Waals surface area contributed by atoms with Crippen molar-refractivity contribution in [1.29, 1.82) is 0 Å². The maximum atomic E-state index is 13.2. The molecule has 4 fully saturated rings. The Morgan fingerprint density at radius 2 is 1.64 bits per heavy atom. The highest BCUT2D eigenvalue weighted by Crippen LogP contribution is 2.55. The van der Waals surface area contributed by atoms with Crippen molar-refractivity contribution >= 4 is 10.0 Å². The van der Waals surface area contributed by atoms with Crippen molar-refractivity contribution in [1.82, 2.24) is 4.72 Å². The number of hydrogen-bond donors (Lipinski definition) is 1. The molecule has 4 aliphatic rings. The molecule has 4 saturated carbocycles. The number of hydrogen-bond acceptors (Lipinski definition) is 2. The summed E-state index contributed by atoms with van der Waals surface area (Å²) in [5.41, 5.74) is 0.214. The second kappa shape index (κ2) is 4.78. The molecular weight excluding hydrogens is 301 g/mol. The Bertz CT molecular complexity index is 678. The molecule has 1 aromatic rings. The van der Waals surface area contributed by atoms with Gasteiger partial charge in [0.05, 0.1) is 4.90 Å². The fraction of sp³-hybridized carbons (Fsp3) is 0.647. The van der Waals surface area contributed by atoms with Crippen LogP contribution in [0.4, 0.5) is 4.39 Å². The largest absolute Gasteiger partial charge is 0.241 e. The third-order valence-electron chi connectivity index (χ3n) is 5.82. The number of halogens is 1. The van der Waals surface area contributed by atoms with E-state index in [1.807, 2.05) is 0 Å². The van der Waals surface area contributed by atoms with Gasteiger partial charge in [-0.15, -0.1) is 0 Å². The van der Waals surface area contributed by atoms with Crippen molar-refractivity contribution in [2.75, 3.05) is 0 Å². The van der Waals surface area contributed by atoms with Crippen LogP contribution in [0.2, 0.25) is 0 Å². The van der Waals surface area contributed by atoms with Gasteiger partial charge in [-0.3, -0.25) is 0 Å². The first-order chi connectivity index (χ1) is 10.4. The SMILES string of the molecule is Cc1cc(F)ccc1S(=O)(=O)NC12CC3CC(CC(C3)C1)C2. The second-order valence-corrected chi connectivity index (χ2v) is 9.36. The van der Waals surface area contributed by atoms with Crippen LogP contribution >= 0.6 is 0 Å². The van der Waals surface area contributed by atoms with Crippen molar-refractivity contribution in [2.24, 2.45) is 17.8 Å². The normalized spacial score (nSPS) is 36.7. The predicted octanol–water partition coefficient (Wildman–Crippen LogP) is 3.38. The molecule has 1 N–H and O–H groups in total. The lowest BCUT2D eigenvalue weighted by Crippen LogP contribution is -2.59. The number of nitrogens with one attached hydrogen (secondary N) is 1. The standard InChI is InChI=1S/C17H22FNO2S/c1-11-4-15(18)2-3-16(11)22(20,21)19-17-8-12-5-13(9-17)7-14(6-12)10-17/h2-4,12-14,19H,5-10H2,1H3. The van der Waals surface area contributed by atoms with Gasteiger partial charge >= 0.3 is 0 Å². The molecule has 0 amide bonds. The van der Waals surface area contributed by atoms with Gasteiger partial charge in [0.2, 0.25) is 10.0 Å². The van der Waals surface area contributed by atoms with Crippen molar-refractivity contribution < 1.29 is 12.8 Å². The summed E-state index contributed by atoms with van der Waals surface area (Å²) < 4.78 is 41.9. The summed E-state index contributed by atoms with van der Waals surface area (Å²) in [6.45, 7) is 1.65. The number of benzene rings is 1. The van der Waals surface area contributed by atoms with E-state index in [1.165, 1.54) is 37.5 Å². The molecule has 4 aliphatic carbocycles. The molecule has 0 saturated heterocycles. The number of sulfonamides is 1. The zero-order chi connectivity index (χ0) is 15.5. The van der Waals surface area contributed by atoms with Crippen LogP contribution in [0.3, 0.4) is 0 Å². The summed E-state index contributed by atoms with van der Waals surface area (Å²) in [5.74, 6) is 1.65. The first-order valence-electron chi connectivity index (χ1n) is 8.15. The van der Waals surface area contributed by atoms with Crippen LogP contribution in [0.25, 0.3) is 0 Å². The first-order valence-corrected chi connectivity index (χ1v) is 9.64. The van der Waals surface area contributed by atoms with Gasteiger partial charge in [-0.1, -0.05) is 0 Å². The molecule has 0 unspecified atom stereocenters. The number of rotatable bonds is 3. The van der Waals surface area contributed by atoms with Crippen molar-refractivity contribution in [3.8, 4) is 0 Å². The maximum absolute atomic E-state index is 13.2. The van der Waals surface area contributed by atoms with Gasteiger partial charge in [0.15, 0.2) is 0 Å². The molecule has 0 aromatic heterocycles. The van der Waals surface area contributed by atoms with E-state index in [9.17, 15) is 12.8 Å². The molecule has 0 radical (unpaired) electrons. The van der Waals surface area contributed by atoms with Crippen LogP contribution in [0.15, 0.2) is 23.1 Å². The van der Waals surface area contributed by atoms with Gasteiger partial charge in [-0.25, -0.2) is 17.5 Å². The van der Waals surface area contributed by atoms with Gasteiger partial charge in [-0.2, -0.15) is 0 Å². The molecule has 22 heavy (non-hydrogen) atoms. The molecule has 3 nitrogen and oxygen atoms in total. The van der Waals surface area contributed by atoms with Gasteiger partial charge in [0.25, 0.3) is 0 Å². The molecule has 5 heteroatoms. The Morgan fingerprint density at radius 1 is 1.09 bits per heavy atom. The lowest BCUT2D eigenvalue weighted by molar-refractivity contribution is -0.00810. The summed E-state index contributed by atoms with van der Waals surface area (Å²) in [7, 11) is -3.59. The smallest absolute Gasteiger partial charge is 0.207 e. The Balaban J connectivity index is 1.65. The summed E-state index contributed by atoms with van der Waals surface area (Å²) in [5, 5.41) is 0. The maximum Gasteiger partial charge on any atom is 0.241 e. The van der Waals surface area contributed by atoms with Crippen LogP contribution in [0.1, 0.15) is 44.1 Å². The van der Waals surface area contributed by atoms with E-state index in [0.717, 1.165) is 19.3 Å². The summed E-state index contributed by atoms with van der Waals surface area (Å²) in [6.07, 6.45) is 6.74. The van der Waals surface area contributed by atoms with Crippen molar-refractivity contribution in [3.05, 3.63) is 29.6 Å². The van der Waals surface area contributed by atoms with Gasteiger partial charge in [-0.05, 0) is 87.0 Å². The average molecular weight is 323 g/mol. The van der Waals surface area contributed by atoms with Gasteiger partial charge in [0, 0.05) is 5.54 Å². The predicted molar refractivity (Wildman–Crippen MR) is 82.4 cm³/mol. The highest BCUT2D eigenvalue weighted by molar-refractivity contribution is 7.89. The Hall–Kier alpha value is -0.940. The summed E-state index contributed by atoms with van der Waals surface area (Å²) in [6, 6.07) is 3.89.